The maximum atomic E-state index is 12.9. The molecule has 2 aromatic carbocycles. The third kappa shape index (κ3) is 7.15. The molecule has 3 amide bonds. The Labute approximate surface area is 155 Å². The number of nitrogens with two attached hydrogens (primary N) is 1. The summed E-state index contributed by atoms with van der Waals surface area (Å²) in [6.07, 6.45) is -0.650. The van der Waals surface area contributed by atoms with E-state index in [0.717, 1.165) is 5.56 Å². The molecule has 0 aliphatic carbocycles. The standard InChI is InChI=1S/C19H20FN3O4/c20-15-8-6-13(7-9-15)10-16(18(21)25)23-17(24)11-22-19(26)27-12-14-4-2-1-3-5-14/h1-9,16H,10-12H2,(H2,21,25)(H,22,26)(H,23,24)/t16-/m0/s1. The Kier molecular flexibility index (Phi) is 7.30. The van der Waals surface area contributed by atoms with Crippen LogP contribution in [0.2, 0.25) is 0 Å². The van der Waals surface area contributed by atoms with E-state index in [4.69, 9.17) is 10.5 Å². The average Bonchev–Trinajstić information content (AvgIpc) is 2.66. The van der Waals surface area contributed by atoms with E-state index in [1.165, 1.54) is 24.3 Å². The molecular weight excluding hydrogens is 353 g/mol. The van der Waals surface area contributed by atoms with Gasteiger partial charge in [-0.2, -0.15) is 0 Å². The number of carbonyl (C=O) groups is 3. The van der Waals surface area contributed by atoms with E-state index in [1.54, 1.807) is 12.1 Å². The van der Waals surface area contributed by atoms with Gasteiger partial charge in [0, 0.05) is 6.42 Å². The van der Waals surface area contributed by atoms with Gasteiger partial charge in [0.15, 0.2) is 0 Å². The van der Waals surface area contributed by atoms with Gasteiger partial charge in [0.2, 0.25) is 11.8 Å². The first-order chi connectivity index (χ1) is 12.9. The van der Waals surface area contributed by atoms with Gasteiger partial charge in [-0.15, -0.1) is 0 Å². The lowest BCUT2D eigenvalue weighted by Gasteiger charge is -2.16. The van der Waals surface area contributed by atoms with Crippen LogP contribution in [0.25, 0.3) is 0 Å². The minimum Gasteiger partial charge on any atom is -0.445 e. The van der Waals surface area contributed by atoms with E-state index in [-0.39, 0.29) is 19.6 Å². The lowest BCUT2D eigenvalue weighted by atomic mass is 10.1. The maximum Gasteiger partial charge on any atom is 0.407 e. The second-order valence-electron chi connectivity index (χ2n) is 5.77. The summed E-state index contributed by atoms with van der Waals surface area (Å²) in [5, 5.41) is 4.72. The summed E-state index contributed by atoms with van der Waals surface area (Å²) in [7, 11) is 0. The number of hydrogen-bond acceptors (Lipinski definition) is 4. The van der Waals surface area contributed by atoms with Crippen LogP contribution in [0.5, 0.6) is 0 Å². The molecule has 0 saturated carbocycles. The number of halogens is 1. The number of ether oxygens (including phenoxy) is 1. The number of rotatable bonds is 8. The molecule has 0 bridgehead atoms. The van der Waals surface area contributed by atoms with Crippen LogP contribution in [-0.4, -0.2) is 30.5 Å². The molecule has 2 aromatic rings. The third-order valence-corrected chi connectivity index (χ3v) is 3.64. The van der Waals surface area contributed by atoms with Crippen LogP contribution in [-0.2, 0) is 27.4 Å². The molecule has 4 N–H and O–H groups in total. The maximum absolute atomic E-state index is 12.9. The fourth-order valence-corrected chi connectivity index (χ4v) is 2.25. The van der Waals surface area contributed by atoms with Gasteiger partial charge in [0.05, 0.1) is 0 Å². The Bertz CT molecular complexity index is 781. The number of nitrogens with one attached hydrogen (secondary N) is 2. The predicted octanol–water partition coefficient (Wildman–Crippen LogP) is 1.26. The van der Waals surface area contributed by atoms with E-state index in [2.05, 4.69) is 10.6 Å². The minimum absolute atomic E-state index is 0.0722. The fraction of sp³-hybridized carbons (Fsp3) is 0.211. The number of benzene rings is 2. The highest BCUT2D eigenvalue weighted by Gasteiger charge is 2.19. The molecule has 0 aliphatic rings. The van der Waals surface area contributed by atoms with Crippen molar-refractivity contribution in [3.05, 3.63) is 71.5 Å². The number of hydrogen-bond donors (Lipinski definition) is 3. The quantitative estimate of drug-likeness (QED) is 0.647. The molecule has 0 heterocycles. The van der Waals surface area contributed by atoms with Crippen LogP contribution >= 0.6 is 0 Å². The van der Waals surface area contributed by atoms with Gasteiger partial charge in [0.25, 0.3) is 0 Å². The van der Waals surface area contributed by atoms with Gasteiger partial charge < -0.3 is 21.1 Å². The first-order valence-electron chi connectivity index (χ1n) is 8.21. The fourth-order valence-electron chi connectivity index (χ4n) is 2.25. The number of alkyl carbamates (subject to hydrolysis) is 1. The SMILES string of the molecule is NC(=O)[C@H](Cc1ccc(F)cc1)NC(=O)CNC(=O)OCc1ccccc1. The van der Waals surface area contributed by atoms with Crippen LogP contribution in [0.15, 0.2) is 54.6 Å². The molecule has 2 rings (SSSR count). The van der Waals surface area contributed by atoms with Crippen molar-refractivity contribution >= 4 is 17.9 Å². The van der Waals surface area contributed by atoms with E-state index < -0.39 is 29.8 Å². The zero-order valence-electron chi connectivity index (χ0n) is 14.5. The second kappa shape index (κ2) is 9.91. The molecule has 7 nitrogen and oxygen atoms in total. The van der Waals surface area contributed by atoms with Crippen molar-refractivity contribution in [2.45, 2.75) is 19.1 Å². The van der Waals surface area contributed by atoms with Gasteiger partial charge >= 0.3 is 6.09 Å². The van der Waals surface area contributed by atoms with Gasteiger partial charge in [-0.3, -0.25) is 9.59 Å². The Balaban J connectivity index is 1.77. The monoisotopic (exact) mass is 373 g/mol. The molecule has 0 fully saturated rings. The highest BCUT2D eigenvalue weighted by molar-refractivity contribution is 5.88. The summed E-state index contributed by atoms with van der Waals surface area (Å²) in [4.78, 5) is 35.1. The van der Waals surface area contributed by atoms with Crippen molar-refractivity contribution in [3.63, 3.8) is 0 Å². The molecule has 27 heavy (non-hydrogen) atoms. The normalized spacial score (nSPS) is 11.3. The lowest BCUT2D eigenvalue weighted by molar-refractivity contribution is -0.126. The van der Waals surface area contributed by atoms with Crippen molar-refractivity contribution in [1.29, 1.82) is 0 Å². The zero-order valence-corrected chi connectivity index (χ0v) is 14.5. The Hall–Kier alpha value is -3.42. The molecule has 0 spiro atoms. The van der Waals surface area contributed by atoms with Crippen molar-refractivity contribution in [2.75, 3.05) is 6.54 Å². The molecule has 0 saturated heterocycles. The highest BCUT2D eigenvalue weighted by atomic mass is 19.1. The highest BCUT2D eigenvalue weighted by Crippen LogP contribution is 2.06. The summed E-state index contributed by atoms with van der Waals surface area (Å²) in [5.41, 5.74) is 6.74. The summed E-state index contributed by atoms with van der Waals surface area (Å²) in [6.45, 7) is -0.302. The minimum atomic E-state index is -0.981. The smallest absolute Gasteiger partial charge is 0.407 e. The van der Waals surface area contributed by atoms with Crippen molar-refractivity contribution in [1.82, 2.24) is 10.6 Å². The van der Waals surface area contributed by atoms with Crippen LogP contribution in [0.3, 0.4) is 0 Å². The van der Waals surface area contributed by atoms with Crippen molar-refractivity contribution in [3.8, 4) is 0 Å². The zero-order chi connectivity index (χ0) is 19.6. The molecular formula is C19H20FN3O4. The van der Waals surface area contributed by atoms with Crippen LogP contribution in [0, 0.1) is 5.82 Å². The Morgan fingerprint density at radius 1 is 1.00 bits per heavy atom. The van der Waals surface area contributed by atoms with E-state index in [9.17, 15) is 18.8 Å². The van der Waals surface area contributed by atoms with Gasteiger partial charge in [0.1, 0.15) is 25.0 Å². The third-order valence-electron chi connectivity index (χ3n) is 3.64. The molecule has 1 atom stereocenters. The largest absolute Gasteiger partial charge is 0.445 e. The van der Waals surface area contributed by atoms with E-state index in [0.29, 0.717) is 5.56 Å². The first kappa shape index (κ1) is 19.9. The van der Waals surface area contributed by atoms with Crippen LogP contribution in [0.4, 0.5) is 9.18 Å². The predicted molar refractivity (Wildman–Crippen MR) is 95.9 cm³/mol. The van der Waals surface area contributed by atoms with E-state index >= 15 is 0 Å². The van der Waals surface area contributed by atoms with Gasteiger partial charge in [-0.25, -0.2) is 9.18 Å². The molecule has 0 unspecified atom stereocenters. The first-order valence-corrected chi connectivity index (χ1v) is 8.21. The van der Waals surface area contributed by atoms with Gasteiger partial charge in [-0.05, 0) is 23.3 Å². The van der Waals surface area contributed by atoms with Crippen LogP contribution < -0.4 is 16.4 Å². The Morgan fingerprint density at radius 2 is 1.67 bits per heavy atom. The summed E-state index contributed by atoms with van der Waals surface area (Å²) in [6, 6.07) is 13.6. The summed E-state index contributed by atoms with van der Waals surface area (Å²) < 4.78 is 17.9. The molecule has 0 aromatic heterocycles. The van der Waals surface area contributed by atoms with Gasteiger partial charge in [-0.1, -0.05) is 42.5 Å². The van der Waals surface area contributed by atoms with Crippen molar-refractivity contribution < 1.29 is 23.5 Å². The number of carbonyl (C=O) groups excluding carboxylic acids is 3. The average molecular weight is 373 g/mol. The van der Waals surface area contributed by atoms with E-state index in [1.807, 2.05) is 18.2 Å². The van der Waals surface area contributed by atoms with Crippen molar-refractivity contribution in [2.24, 2.45) is 5.73 Å². The molecule has 142 valence electrons. The summed E-state index contributed by atoms with van der Waals surface area (Å²) in [5.74, 6) is -1.74. The molecule has 0 aliphatic heterocycles. The molecule has 8 heteroatoms. The Morgan fingerprint density at radius 3 is 2.30 bits per heavy atom. The lowest BCUT2D eigenvalue weighted by Crippen LogP contribution is -2.49. The molecule has 0 radical (unpaired) electrons. The summed E-state index contributed by atoms with van der Waals surface area (Å²) >= 11 is 0. The number of amides is 3. The second-order valence-corrected chi connectivity index (χ2v) is 5.77. The number of primary amides is 1. The van der Waals surface area contributed by atoms with Crippen LogP contribution in [0.1, 0.15) is 11.1 Å². The topological polar surface area (TPSA) is 111 Å².